The number of hydrogen-bond donors (Lipinski definition) is 0. The summed E-state index contributed by atoms with van der Waals surface area (Å²) in [5.41, 5.74) is -1.85. The molecule has 0 heterocycles. The minimum absolute atomic E-state index is 0.0744. The van der Waals surface area contributed by atoms with Crippen LogP contribution < -0.4 is 0 Å². The molecule has 0 unspecified atom stereocenters. The highest BCUT2D eigenvalue weighted by Gasteiger charge is 2.71. The molecule has 8 atom stereocenters. The van der Waals surface area contributed by atoms with Gasteiger partial charge in [0, 0.05) is 18.3 Å². The summed E-state index contributed by atoms with van der Waals surface area (Å²) in [6.07, 6.45) is 6.18. The Morgan fingerprint density at radius 3 is 2.08 bits per heavy atom. The minimum atomic E-state index is -1.46. The largest absolute Gasteiger partial charge is 0.469 e. The molecule has 0 spiro atoms. The molecule has 4 aliphatic rings. The number of methoxy groups -OCH3 is 2. The van der Waals surface area contributed by atoms with Gasteiger partial charge < -0.3 is 14.2 Å². The Bertz CT molecular complexity index is 986. The van der Waals surface area contributed by atoms with Crippen LogP contribution in [0.3, 0.4) is 0 Å². The Balaban J connectivity index is 1.69. The van der Waals surface area contributed by atoms with Crippen molar-refractivity contribution in [3.05, 3.63) is 0 Å². The topological polar surface area (TPSA) is 96.0 Å². The van der Waals surface area contributed by atoms with Gasteiger partial charge in [0.1, 0.15) is 11.5 Å². The zero-order valence-corrected chi connectivity index (χ0v) is 24.0. The van der Waals surface area contributed by atoms with Crippen molar-refractivity contribution in [1.82, 2.24) is 0 Å². The first kappa shape index (κ1) is 28.1. The lowest BCUT2D eigenvalue weighted by atomic mass is 9.33. The van der Waals surface area contributed by atoms with Gasteiger partial charge in [-0.1, -0.05) is 34.6 Å². The lowest BCUT2D eigenvalue weighted by Gasteiger charge is -2.71. The molecule has 4 fully saturated rings. The van der Waals surface area contributed by atoms with E-state index in [1.165, 1.54) is 21.1 Å². The second-order valence-electron chi connectivity index (χ2n) is 13.8. The van der Waals surface area contributed by atoms with Crippen molar-refractivity contribution < 1.29 is 33.4 Å². The Hall–Kier alpha value is -1.92. The maximum Gasteiger partial charge on any atom is 0.319 e. The van der Waals surface area contributed by atoms with E-state index >= 15 is 0 Å². The second-order valence-corrected chi connectivity index (χ2v) is 13.8. The van der Waals surface area contributed by atoms with Gasteiger partial charge in [0.15, 0.2) is 5.78 Å². The SMILES string of the molecule is COC(=O)C[C@]1(C(=O)OC)CC[C@]2(C)[C@H](CC[C@@H]3[C@@]4(C)CC[C@H](OC(C)=O)C(C)(C)[C@@H]4CC[C@]32C)C1=O. The van der Waals surface area contributed by atoms with Crippen LogP contribution in [-0.2, 0) is 33.4 Å². The van der Waals surface area contributed by atoms with E-state index in [-0.39, 0.29) is 51.9 Å². The van der Waals surface area contributed by atoms with E-state index in [1.54, 1.807) is 0 Å². The van der Waals surface area contributed by atoms with Crippen LogP contribution >= 0.6 is 0 Å². The van der Waals surface area contributed by atoms with Crippen molar-refractivity contribution in [2.45, 2.75) is 105 Å². The highest BCUT2D eigenvalue weighted by molar-refractivity contribution is 6.08. The molecule has 208 valence electrons. The molecule has 0 bridgehead atoms. The maximum atomic E-state index is 14.2. The molecule has 0 aromatic rings. The van der Waals surface area contributed by atoms with Crippen molar-refractivity contribution in [2.75, 3.05) is 14.2 Å². The molecular weight excluding hydrogens is 472 g/mol. The van der Waals surface area contributed by atoms with Gasteiger partial charge in [-0.25, -0.2) is 0 Å². The molecule has 7 nitrogen and oxygen atoms in total. The van der Waals surface area contributed by atoms with Gasteiger partial charge in [-0.2, -0.15) is 0 Å². The molecule has 0 saturated heterocycles. The van der Waals surface area contributed by atoms with Crippen LogP contribution in [-0.4, -0.2) is 44.0 Å². The van der Waals surface area contributed by atoms with Crippen molar-refractivity contribution >= 4 is 23.7 Å². The van der Waals surface area contributed by atoms with Gasteiger partial charge >= 0.3 is 17.9 Å². The van der Waals surface area contributed by atoms with Crippen molar-refractivity contribution in [2.24, 2.45) is 44.8 Å². The van der Waals surface area contributed by atoms with Crippen LogP contribution in [0, 0.1) is 44.8 Å². The maximum absolute atomic E-state index is 14.2. The molecule has 0 aromatic carbocycles. The smallest absolute Gasteiger partial charge is 0.319 e. The van der Waals surface area contributed by atoms with Gasteiger partial charge in [0.25, 0.3) is 0 Å². The van der Waals surface area contributed by atoms with Crippen molar-refractivity contribution in [1.29, 1.82) is 0 Å². The molecule has 0 amide bonds. The number of carbonyl (C=O) groups excluding carboxylic acids is 4. The highest BCUT2D eigenvalue weighted by atomic mass is 16.5. The molecule has 0 radical (unpaired) electrons. The van der Waals surface area contributed by atoms with Gasteiger partial charge in [0.2, 0.25) is 0 Å². The number of esters is 3. The predicted octanol–water partition coefficient (Wildman–Crippen LogP) is 5.28. The third-order valence-corrected chi connectivity index (χ3v) is 12.2. The summed E-state index contributed by atoms with van der Waals surface area (Å²) in [4.78, 5) is 51.4. The van der Waals surface area contributed by atoms with Crippen LogP contribution in [0.2, 0.25) is 0 Å². The standard InChI is InChI=1S/C30H46O7/c1-18(31)37-22-12-13-27(4)20(26(22,2)3)11-14-29(6)21(27)10-9-19-24(33)30(25(34)36-8,17-23(32)35-7)16-15-28(19,29)5/h19-22H,9-17H2,1-8H3/t19-,20+,21-,22+,27+,28-,29-,30-/m1/s1. The third-order valence-electron chi connectivity index (χ3n) is 12.2. The van der Waals surface area contributed by atoms with Crippen LogP contribution in [0.1, 0.15) is 99.3 Å². The minimum Gasteiger partial charge on any atom is -0.469 e. The zero-order chi connectivity index (χ0) is 27.6. The van der Waals surface area contributed by atoms with Crippen molar-refractivity contribution in [3.63, 3.8) is 0 Å². The molecule has 37 heavy (non-hydrogen) atoms. The summed E-state index contributed by atoms with van der Waals surface area (Å²) >= 11 is 0. The first-order valence-electron chi connectivity index (χ1n) is 14.0. The van der Waals surface area contributed by atoms with E-state index in [0.717, 1.165) is 32.1 Å². The predicted molar refractivity (Wildman–Crippen MR) is 137 cm³/mol. The molecule has 0 N–H and O–H groups in total. The number of ketones is 1. The average molecular weight is 519 g/mol. The molecule has 0 aliphatic heterocycles. The number of fused-ring (bicyclic) bond motifs is 5. The first-order chi connectivity index (χ1) is 17.1. The van der Waals surface area contributed by atoms with E-state index in [1.807, 2.05) is 0 Å². The fraction of sp³-hybridized carbons (Fsp3) is 0.867. The van der Waals surface area contributed by atoms with Gasteiger partial charge in [-0.15, -0.1) is 0 Å². The Kier molecular flexibility index (Phi) is 6.90. The molecule has 4 rings (SSSR count). The van der Waals surface area contributed by atoms with E-state index in [0.29, 0.717) is 31.1 Å². The highest BCUT2D eigenvalue weighted by Crippen LogP contribution is 2.74. The number of rotatable bonds is 4. The second kappa shape index (κ2) is 9.08. The molecule has 4 aliphatic carbocycles. The quantitative estimate of drug-likeness (QED) is 0.284. The zero-order valence-electron chi connectivity index (χ0n) is 24.0. The van der Waals surface area contributed by atoms with E-state index in [9.17, 15) is 19.2 Å². The van der Waals surface area contributed by atoms with Gasteiger partial charge in [-0.05, 0) is 79.4 Å². The fourth-order valence-electron chi connectivity index (χ4n) is 10.1. The first-order valence-corrected chi connectivity index (χ1v) is 14.0. The lowest BCUT2D eigenvalue weighted by molar-refractivity contribution is -0.237. The van der Waals surface area contributed by atoms with E-state index < -0.39 is 17.4 Å². The molecule has 7 heteroatoms. The van der Waals surface area contributed by atoms with E-state index in [2.05, 4.69) is 34.6 Å². The third kappa shape index (κ3) is 3.80. The number of ether oxygens (including phenoxy) is 3. The Morgan fingerprint density at radius 2 is 1.49 bits per heavy atom. The molecule has 0 aromatic heterocycles. The number of hydrogen-bond acceptors (Lipinski definition) is 7. The Morgan fingerprint density at radius 1 is 0.811 bits per heavy atom. The normalized spacial score (nSPS) is 44.5. The lowest BCUT2D eigenvalue weighted by Crippen LogP contribution is -2.67. The number of carbonyl (C=O) groups is 4. The van der Waals surface area contributed by atoms with Gasteiger partial charge in [-0.3, -0.25) is 19.2 Å². The number of Topliss-reactive ketones (excluding diaryl/α,β-unsaturated/α-hetero) is 1. The van der Waals surface area contributed by atoms with E-state index in [4.69, 9.17) is 14.2 Å². The molecule has 4 saturated carbocycles. The summed E-state index contributed by atoms with van der Waals surface area (Å²) in [5.74, 6) is -0.959. The van der Waals surface area contributed by atoms with Crippen LogP contribution in [0.4, 0.5) is 0 Å². The Labute approximate surface area is 221 Å². The van der Waals surface area contributed by atoms with Crippen molar-refractivity contribution in [3.8, 4) is 0 Å². The average Bonchev–Trinajstić information content (AvgIpc) is 2.83. The summed E-state index contributed by atoms with van der Waals surface area (Å²) in [5, 5.41) is 0. The monoisotopic (exact) mass is 518 g/mol. The summed E-state index contributed by atoms with van der Waals surface area (Å²) in [7, 11) is 2.57. The summed E-state index contributed by atoms with van der Waals surface area (Å²) < 4.78 is 15.8. The summed E-state index contributed by atoms with van der Waals surface area (Å²) in [6.45, 7) is 13.1. The van der Waals surface area contributed by atoms with Crippen LogP contribution in [0.5, 0.6) is 0 Å². The van der Waals surface area contributed by atoms with Crippen LogP contribution in [0.15, 0.2) is 0 Å². The van der Waals surface area contributed by atoms with Crippen LogP contribution in [0.25, 0.3) is 0 Å². The summed E-state index contributed by atoms with van der Waals surface area (Å²) in [6, 6.07) is 0. The molecular formula is C30H46O7. The fourth-order valence-corrected chi connectivity index (χ4v) is 10.1. The van der Waals surface area contributed by atoms with Gasteiger partial charge in [0.05, 0.1) is 20.6 Å².